The summed E-state index contributed by atoms with van der Waals surface area (Å²) in [5.41, 5.74) is 4.21. The summed E-state index contributed by atoms with van der Waals surface area (Å²) < 4.78 is 5.10. The molecule has 2 aromatic carbocycles. The summed E-state index contributed by atoms with van der Waals surface area (Å²) in [4.78, 5) is 14.9. The Balaban J connectivity index is 1.53. The number of ether oxygens (including phenoxy) is 1. The number of benzene rings is 2. The highest BCUT2D eigenvalue weighted by molar-refractivity contribution is 5.94. The minimum atomic E-state index is -0.0445. The minimum Gasteiger partial charge on any atom is -0.380 e. The maximum atomic E-state index is 12.4. The number of rotatable bonds is 7. The zero-order chi connectivity index (χ0) is 18.9. The molecule has 1 N–H and O–H groups in total. The monoisotopic (exact) mass is 366 g/mol. The topological polar surface area (TPSA) is 41.6 Å². The molecule has 27 heavy (non-hydrogen) atoms. The van der Waals surface area contributed by atoms with Gasteiger partial charge in [-0.1, -0.05) is 49.2 Å². The SMILES string of the molecule is COCc1ccc(C(=O)NCc2cccc(CN3CCCCCC3)c2)cc1. The summed E-state index contributed by atoms with van der Waals surface area (Å²) in [5.74, 6) is -0.0445. The van der Waals surface area contributed by atoms with Gasteiger partial charge in [0, 0.05) is 25.8 Å². The van der Waals surface area contributed by atoms with Crippen LogP contribution in [0.25, 0.3) is 0 Å². The maximum absolute atomic E-state index is 12.4. The molecule has 4 heteroatoms. The molecular weight excluding hydrogens is 336 g/mol. The standard InChI is InChI=1S/C23H30N2O2/c1-27-18-19-9-11-22(12-10-19)23(26)24-16-20-7-6-8-21(15-20)17-25-13-4-2-3-5-14-25/h6-12,15H,2-5,13-14,16-18H2,1H3,(H,24,26). The molecular formula is C23H30N2O2. The van der Waals surface area contributed by atoms with Crippen LogP contribution in [0.4, 0.5) is 0 Å². The first-order valence-electron chi connectivity index (χ1n) is 9.91. The van der Waals surface area contributed by atoms with Gasteiger partial charge < -0.3 is 10.1 Å². The molecule has 1 aliphatic heterocycles. The molecule has 0 radical (unpaired) electrons. The predicted molar refractivity (Wildman–Crippen MR) is 109 cm³/mol. The van der Waals surface area contributed by atoms with Crippen molar-refractivity contribution in [2.45, 2.75) is 45.4 Å². The first-order chi connectivity index (χ1) is 13.2. The van der Waals surface area contributed by atoms with Crippen LogP contribution in [0.1, 0.15) is 52.7 Å². The van der Waals surface area contributed by atoms with Crippen molar-refractivity contribution in [3.63, 3.8) is 0 Å². The van der Waals surface area contributed by atoms with Crippen LogP contribution in [0.15, 0.2) is 48.5 Å². The number of hydrogen-bond acceptors (Lipinski definition) is 3. The fourth-order valence-corrected chi connectivity index (χ4v) is 3.59. The van der Waals surface area contributed by atoms with Crippen molar-refractivity contribution in [2.24, 2.45) is 0 Å². The summed E-state index contributed by atoms with van der Waals surface area (Å²) in [6, 6.07) is 16.1. The highest BCUT2D eigenvalue weighted by atomic mass is 16.5. The van der Waals surface area contributed by atoms with Gasteiger partial charge in [-0.3, -0.25) is 9.69 Å². The molecule has 0 aliphatic carbocycles. The van der Waals surface area contributed by atoms with Crippen LogP contribution in [0, 0.1) is 0 Å². The van der Waals surface area contributed by atoms with E-state index in [-0.39, 0.29) is 5.91 Å². The molecule has 0 bridgehead atoms. The Hall–Kier alpha value is -2.17. The number of carbonyl (C=O) groups excluding carboxylic acids is 1. The Morgan fingerprint density at radius 2 is 1.67 bits per heavy atom. The third-order valence-corrected chi connectivity index (χ3v) is 5.08. The van der Waals surface area contributed by atoms with E-state index < -0.39 is 0 Å². The van der Waals surface area contributed by atoms with Gasteiger partial charge in [-0.15, -0.1) is 0 Å². The van der Waals surface area contributed by atoms with E-state index in [9.17, 15) is 4.79 Å². The average Bonchev–Trinajstić information content (AvgIpc) is 2.96. The second-order valence-electron chi connectivity index (χ2n) is 7.32. The number of nitrogens with one attached hydrogen (secondary N) is 1. The average molecular weight is 367 g/mol. The highest BCUT2D eigenvalue weighted by Gasteiger charge is 2.10. The second-order valence-corrected chi connectivity index (χ2v) is 7.32. The quantitative estimate of drug-likeness (QED) is 0.801. The lowest BCUT2D eigenvalue weighted by Gasteiger charge is -2.20. The fraction of sp³-hybridized carbons (Fsp3) is 0.435. The van der Waals surface area contributed by atoms with Crippen LogP contribution in [0.3, 0.4) is 0 Å². The van der Waals surface area contributed by atoms with Gasteiger partial charge in [0.15, 0.2) is 0 Å². The van der Waals surface area contributed by atoms with E-state index in [1.54, 1.807) is 7.11 Å². The summed E-state index contributed by atoms with van der Waals surface area (Å²) >= 11 is 0. The van der Waals surface area contributed by atoms with Gasteiger partial charge in [-0.25, -0.2) is 0 Å². The third kappa shape index (κ3) is 6.19. The lowest BCUT2D eigenvalue weighted by Crippen LogP contribution is -2.24. The van der Waals surface area contributed by atoms with Crippen molar-refractivity contribution < 1.29 is 9.53 Å². The summed E-state index contributed by atoms with van der Waals surface area (Å²) in [6.07, 6.45) is 5.32. The van der Waals surface area contributed by atoms with E-state index in [0.717, 1.165) is 17.7 Å². The Morgan fingerprint density at radius 3 is 2.37 bits per heavy atom. The Labute approximate surface area is 162 Å². The van der Waals surface area contributed by atoms with E-state index in [1.165, 1.54) is 44.3 Å². The molecule has 1 heterocycles. The van der Waals surface area contributed by atoms with Crippen molar-refractivity contribution >= 4 is 5.91 Å². The fourth-order valence-electron chi connectivity index (χ4n) is 3.59. The van der Waals surface area contributed by atoms with Crippen molar-refractivity contribution in [1.82, 2.24) is 10.2 Å². The van der Waals surface area contributed by atoms with Gasteiger partial charge in [-0.2, -0.15) is 0 Å². The van der Waals surface area contributed by atoms with E-state index in [1.807, 2.05) is 24.3 Å². The number of amides is 1. The number of methoxy groups -OCH3 is 1. The Kier molecular flexibility index (Phi) is 7.43. The zero-order valence-corrected chi connectivity index (χ0v) is 16.2. The molecule has 3 rings (SSSR count). The molecule has 1 fully saturated rings. The number of carbonyl (C=O) groups is 1. The van der Waals surface area contributed by atoms with Crippen molar-refractivity contribution in [3.8, 4) is 0 Å². The summed E-state index contributed by atoms with van der Waals surface area (Å²) in [5, 5.41) is 3.02. The number of hydrogen-bond donors (Lipinski definition) is 1. The maximum Gasteiger partial charge on any atom is 0.251 e. The summed E-state index contributed by atoms with van der Waals surface area (Å²) in [7, 11) is 1.67. The Bertz CT molecular complexity index is 719. The molecule has 0 saturated carbocycles. The molecule has 144 valence electrons. The molecule has 0 spiro atoms. The molecule has 1 aliphatic rings. The molecule has 4 nitrogen and oxygen atoms in total. The highest BCUT2D eigenvalue weighted by Crippen LogP contribution is 2.14. The van der Waals surface area contributed by atoms with Gasteiger partial charge in [0.1, 0.15) is 0 Å². The lowest BCUT2D eigenvalue weighted by molar-refractivity contribution is 0.0951. The van der Waals surface area contributed by atoms with Gasteiger partial charge in [-0.05, 0) is 54.8 Å². The second kappa shape index (κ2) is 10.2. The molecule has 1 saturated heterocycles. The van der Waals surface area contributed by atoms with Crippen LogP contribution >= 0.6 is 0 Å². The largest absolute Gasteiger partial charge is 0.380 e. The molecule has 0 aromatic heterocycles. The van der Waals surface area contributed by atoms with E-state index in [2.05, 4.69) is 34.5 Å². The minimum absolute atomic E-state index is 0.0445. The molecule has 2 aromatic rings. The van der Waals surface area contributed by atoms with E-state index >= 15 is 0 Å². The molecule has 1 amide bonds. The Morgan fingerprint density at radius 1 is 0.963 bits per heavy atom. The van der Waals surface area contributed by atoms with Gasteiger partial charge in [0.05, 0.1) is 6.61 Å². The van der Waals surface area contributed by atoms with Gasteiger partial charge >= 0.3 is 0 Å². The molecule has 0 atom stereocenters. The van der Waals surface area contributed by atoms with Crippen LogP contribution in [-0.4, -0.2) is 31.0 Å². The van der Waals surface area contributed by atoms with Crippen LogP contribution in [0.2, 0.25) is 0 Å². The van der Waals surface area contributed by atoms with Crippen molar-refractivity contribution in [1.29, 1.82) is 0 Å². The predicted octanol–water partition coefficient (Wildman–Crippen LogP) is 4.14. The smallest absolute Gasteiger partial charge is 0.251 e. The molecule has 0 unspecified atom stereocenters. The van der Waals surface area contributed by atoms with Gasteiger partial charge in [0.25, 0.3) is 5.91 Å². The van der Waals surface area contributed by atoms with Crippen molar-refractivity contribution in [2.75, 3.05) is 20.2 Å². The first-order valence-corrected chi connectivity index (χ1v) is 9.91. The van der Waals surface area contributed by atoms with Crippen molar-refractivity contribution in [3.05, 3.63) is 70.8 Å². The van der Waals surface area contributed by atoms with E-state index in [4.69, 9.17) is 4.74 Å². The number of nitrogens with zero attached hydrogens (tertiary/aromatic N) is 1. The lowest BCUT2D eigenvalue weighted by atomic mass is 10.1. The first kappa shape index (κ1) is 19.6. The third-order valence-electron chi connectivity index (χ3n) is 5.08. The normalized spacial score (nSPS) is 15.3. The van der Waals surface area contributed by atoms with Crippen LogP contribution in [0.5, 0.6) is 0 Å². The van der Waals surface area contributed by atoms with E-state index in [0.29, 0.717) is 18.7 Å². The van der Waals surface area contributed by atoms with Crippen LogP contribution in [-0.2, 0) is 24.4 Å². The van der Waals surface area contributed by atoms with Crippen LogP contribution < -0.4 is 5.32 Å². The summed E-state index contributed by atoms with van der Waals surface area (Å²) in [6.45, 7) is 4.50. The number of likely N-dealkylation sites (tertiary alicyclic amines) is 1. The van der Waals surface area contributed by atoms with Gasteiger partial charge in [0.2, 0.25) is 0 Å². The zero-order valence-electron chi connectivity index (χ0n) is 16.2.